The molecule has 0 N–H and O–H groups in total. The largest absolute Gasteiger partial charge is 0.300 e. The zero-order valence-electron chi connectivity index (χ0n) is 12.2. The summed E-state index contributed by atoms with van der Waals surface area (Å²) in [6.45, 7) is 3.75. The second-order valence-corrected chi connectivity index (χ2v) is 4.35. The topological polar surface area (TPSA) is 34.1 Å². The van der Waals surface area contributed by atoms with Crippen LogP contribution in [-0.2, 0) is 9.59 Å². The highest BCUT2D eigenvalue weighted by Crippen LogP contribution is 1.96. The van der Waals surface area contributed by atoms with Crippen LogP contribution in [0, 0.1) is 23.7 Å². The van der Waals surface area contributed by atoms with Crippen molar-refractivity contribution in [3.05, 3.63) is 0 Å². The van der Waals surface area contributed by atoms with Gasteiger partial charge in [-0.25, -0.2) is 0 Å². The molecule has 19 heavy (non-hydrogen) atoms. The Balaban J connectivity index is 3.45. The van der Waals surface area contributed by atoms with Crippen molar-refractivity contribution in [2.45, 2.75) is 71.6 Å². The maximum Gasteiger partial charge on any atom is 0.133 e. The molecule has 0 aromatic rings. The van der Waals surface area contributed by atoms with Crippen LogP contribution < -0.4 is 0 Å². The van der Waals surface area contributed by atoms with Gasteiger partial charge < -0.3 is 0 Å². The minimum absolute atomic E-state index is 0.279. The minimum Gasteiger partial charge on any atom is -0.300 e. The van der Waals surface area contributed by atoms with Gasteiger partial charge in [-0.05, 0) is 6.42 Å². The number of rotatable bonds is 8. The molecule has 0 fully saturated rings. The van der Waals surface area contributed by atoms with Gasteiger partial charge >= 0.3 is 0 Å². The third-order valence-corrected chi connectivity index (χ3v) is 2.70. The summed E-state index contributed by atoms with van der Waals surface area (Å²) >= 11 is 0. The van der Waals surface area contributed by atoms with Crippen LogP contribution in [-0.4, -0.2) is 11.6 Å². The maximum absolute atomic E-state index is 11.0. The van der Waals surface area contributed by atoms with Crippen molar-refractivity contribution in [3.63, 3.8) is 0 Å². The van der Waals surface area contributed by atoms with Crippen molar-refractivity contribution in [1.82, 2.24) is 0 Å². The monoisotopic (exact) mass is 260 g/mol. The Morgan fingerprint density at radius 3 is 1.42 bits per heavy atom. The molecule has 0 aromatic carbocycles. The van der Waals surface area contributed by atoms with E-state index in [9.17, 15) is 9.59 Å². The van der Waals surface area contributed by atoms with E-state index in [1.807, 2.05) is 13.8 Å². The highest BCUT2D eigenvalue weighted by atomic mass is 16.1. The predicted molar refractivity (Wildman–Crippen MR) is 78.5 cm³/mol. The van der Waals surface area contributed by atoms with Gasteiger partial charge in [-0.2, -0.15) is 0 Å². The van der Waals surface area contributed by atoms with Crippen LogP contribution in [0.25, 0.3) is 0 Å². The number of ketones is 2. The molecule has 0 saturated carbocycles. The van der Waals surface area contributed by atoms with Crippen molar-refractivity contribution < 1.29 is 9.59 Å². The summed E-state index contributed by atoms with van der Waals surface area (Å²) in [6.07, 6.45) is 6.36. The lowest BCUT2D eigenvalue weighted by Crippen LogP contribution is -1.92. The summed E-state index contributed by atoms with van der Waals surface area (Å²) in [5.41, 5.74) is 0. The van der Waals surface area contributed by atoms with E-state index < -0.39 is 0 Å². The molecule has 0 atom stereocenters. The first-order valence-electron chi connectivity index (χ1n) is 7.15. The zero-order chi connectivity index (χ0) is 14.3. The van der Waals surface area contributed by atoms with Crippen molar-refractivity contribution in [2.24, 2.45) is 0 Å². The molecule has 2 heteroatoms. The molecule has 0 bridgehead atoms. The smallest absolute Gasteiger partial charge is 0.133 e. The van der Waals surface area contributed by atoms with E-state index in [0.29, 0.717) is 38.5 Å². The first kappa shape index (κ1) is 17.5. The van der Waals surface area contributed by atoms with E-state index in [4.69, 9.17) is 0 Å². The Morgan fingerprint density at radius 2 is 1.05 bits per heavy atom. The molecule has 0 spiro atoms. The van der Waals surface area contributed by atoms with Crippen LogP contribution in [0.15, 0.2) is 0 Å². The van der Waals surface area contributed by atoms with Gasteiger partial charge in [-0.1, -0.05) is 13.8 Å². The maximum atomic E-state index is 11.0. The standard InChI is InChI=1S/C17H24O2/c1-3-16(18)14-12-10-8-6-5-7-9-11-13-15-17(19)4-2/h3-7,12-15H2,1-2H3. The molecular formula is C17H24O2. The van der Waals surface area contributed by atoms with Gasteiger partial charge in [0.1, 0.15) is 11.6 Å². The van der Waals surface area contributed by atoms with Crippen molar-refractivity contribution in [3.8, 4) is 23.7 Å². The van der Waals surface area contributed by atoms with Gasteiger partial charge in [-0.3, -0.25) is 9.59 Å². The molecule has 0 heterocycles. The van der Waals surface area contributed by atoms with Crippen LogP contribution in [0.5, 0.6) is 0 Å². The molecular weight excluding hydrogens is 236 g/mol. The third-order valence-electron chi connectivity index (χ3n) is 2.70. The first-order valence-corrected chi connectivity index (χ1v) is 7.15. The van der Waals surface area contributed by atoms with E-state index in [2.05, 4.69) is 23.7 Å². The normalized spacial score (nSPS) is 8.95. The Morgan fingerprint density at radius 1 is 0.684 bits per heavy atom. The predicted octanol–water partition coefficient (Wildman–Crippen LogP) is 3.68. The van der Waals surface area contributed by atoms with E-state index >= 15 is 0 Å². The average Bonchev–Trinajstić information content (AvgIpc) is 2.43. The first-order chi connectivity index (χ1) is 9.20. The molecule has 2 nitrogen and oxygen atoms in total. The van der Waals surface area contributed by atoms with E-state index in [1.165, 1.54) is 0 Å². The number of hydrogen-bond acceptors (Lipinski definition) is 2. The van der Waals surface area contributed by atoms with Crippen molar-refractivity contribution >= 4 is 11.6 Å². The van der Waals surface area contributed by atoms with Gasteiger partial charge in [0.25, 0.3) is 0 Å². The fourth-order valence-electron chi connectivity index (χ4n) is 1.38. The molecule has 0 aliphatic heterocycles. The van der Waals surface area contributed by atoms with Crippen LogP contribution >= 0.6 is 0 Å². The Hall–Kier alpha value is -1.54. The number of carbonyl (C=O) groups excluding carboxylic acids is 2. The summed E-state index contributed by atoms with van der Waals surface area (Å²) in [5, 5.41) is 0. The third kappa shape index (κ3) is 12.7. The van der Waals surface area contributed by atoms with Gasteiger partial charge in [-0.15, -0.1) is 23.7 Å². The molecule has 0 aromatic heterocycles. The lowest BCUT2D eigenvalue weighted by atomic mass is 10.1. The lowest BCUT2D eigenvalue weighted by Gasteiger charge is -1.90. The quantitative estimate of drug-likeness (QED) is 0.493. The minimum atomic E-state index is 0.279. The summed E-state index contributed by atoms with van der Waals surface area (Å²) in [6, 6.07) is 0. The molecule has 0 saturated heterocycles. The molecule has 104 valence electrons. The molecule has 0 unspecified atom stereocenters. The second kappa shape index (κ2) is 12.9. The highest BCUT2D eigenvalue weighted by Gasteiger charge is 1.94. The fraction of sp³-hybridized carbons (Fsp3) is 0.647. The number of carbonyl (C=O) groups is 2. The van der Waals surface area contributed by atoms with Gasteiger partial charge in [0.15, 0.2) is 0 Å². The molecule has 0 aliphatic rings. The Bertz CT molecular complexity index is 347. The van der Waals surface area contributed by atoms with E-state index in [1.54, 1.807) is 0 Å². The number of unbranched alkanes of at least 4 members (excludes halogenated alkanes) is 2. The second-order valence-electron chi connectivity index (χ2n) is 4.35. The highest BCUT2D eigenvalue weighted by molar-refractivity contribution is 5.78. The Kier molecular flexibility index (Phi) is 11.9. The fourth-order valence-corrected chi connectivity index (χ4v) is 1.38. The van der Waals surface area contributed by atoms with Gasteiger partial charge in [0.05, 0.1) is 0 Å². The summed E-state index contributed by atoms with van der Waals surface area (Å²) in [5.74, 6) is 12.7. The summed E-state index contributed by atoms with van der Waals surface area (Å²) in [7, 11) is 0. The molecule has 0 aliphatic carbocycles. The van der Waals surface area contributed by atoms with E-state index in [-0.39, 0.29) is 11.6 Å². The lowest BCUT2D eigenvalue weighted by molar-refractivity contribution is -0.119. The molecule has 0 radical (unpaired) electrons. The van der Waals surface area contributed by atoms with E-state index in [0.717, 1.165) is 19.3 Å². The molecule has 0 rings (SSSR count). The van der Waals surface area contributed by atoms with Crippen LogP contribution in [0.4, 0.5) is 0 Å². The van der Waals surface area contributed by atoms with Gasteiger partial charge in [0, 0.05) is 51.4 Å². The van der Waals surface area contributed by atoms with Gasteiger partial charge in [0.2, 0.25) is 0 Å². The van der Waals surface area contributed by atoms with Crippen molar-refractivity contribution in [2.75, 3.05) is 0 Å². The van der Waals surface area contributed by atoms with Crippen LogP contribution in [0.3, 0.4) is 0 Å². The SMILES string of the molecule is CCC(=O)CCC#CCCCC#CCCC(=O)CC. The number of Topliss-reactive ketones (excluding diaryl/α,β-unsaturated/α-hetero) is 2. The van der Waals surface area contributed by atoms with Crippen molar-refractivity contribution in [1.29, 1.82) is 0 Å². The molecule has 0 amide bonds. The Labute approximate surface area is 117 Å². The van der Waals surface area contributed by atoms with Crippen LogP contribution in [0.2, 0.25) is 0 Å². The average molecular weight is 260 g/mol. The summed E-state index contributed by atoms with van der Waals surface area (Å²) < 4.78 is 0. The summed E-state index contributed by atoms with van der Waals surface area (Å²) in [4.78, 5) is 22.0. The van der Waals surface area contributed by atoms with Crippen LogP contribution in [0.1, 0.15) is 71.6 Å². The number of hydrogen-bond donors (Lipinski definition) is 0. The zero-order valence-corrected chi connectivity index (χ0v) is 12.2.